The second-order valence-corrected chi connectivity index (χ2v) is 7.23. The molecule has 1 unspecified atom stereocenters. The number of rotatable bonds is 7. The lowest BCUT2D eigenvalue weighted by atomic mass is 9.66. The molecule has 26 heavy (non-hydrogen) atoms. The maximum absolute atomic E-state index is 12.0. The quantitative estimate of drug-likeness (QED) is 0.587. The van der Waals surface area contributed by atoms with Gasteiger partial charge in [0.2, 0.25) is 0 Å². The van der Waals surface area contributed by atoms with Crippen molar-refractivity contribution >= 4 is 19.1 Å². The first-order chi connectivity index (χ1) is 12.1. The number of benzene rings is 1. The summed E-state index contributed by atoms with van der Waals surface area (Å²) < 4.78 is 22.4. The van der Waals surface area contributed by atoms with Crippen LogP contribution in [0.4, 0.5) is 0 Å². The second-order valence-electron chi connectivity index (χ2n) is 7.23. The molecule has 0 radical (unpaired) electrons. The number of hydrogen-bond donors (Lipinski definition) is 1. The Bertz CT molecular complexity index is 655. The van der Waals surface area contributed by atoms with Gasteiger partial charge in [0.1, 0.15) is 5.75 Å². The molecule has 1 saturated heterocycles. The van der Waals surface area contributed by atoms with Crippen molar-refractivity contribution in [3.05, 3.63) is 29.8 Å². The molecule has 1 atom stereocenters. The summed E-state index contributed by atoms with van der Waals surface area (Å²) >= 11 is 0. The third kappa shape index (κ3) is 4.37. The Balaban J connectivity index is 2.37. The number of methoxy groups -OCH3 is 1. The molecule has 1 fully saturated rings. The first-order valence-electron chi connectivity index (χ1n) is 8.43. The van der Waals surface area contributed by atoms with Gasteiger partial charge in [0.05, 0.1) is 24.7 Å². The minimum absolute atomic E-state index is 0.0147. The molecule has 0 spiro atoms. The molecule has 1 heterocycles. The molecule has 1 aliphatic rings. The molecular weight excluding hydrogens is 339 g/mol. The summed E-state index contributed by atoms with van der Waals surface area (Å²) in [6.45, 7) is 7.22. The van der Waals surface area contributed by atoms with E-state index in [9.17, 15) is 9.59 Å². The highest BCUT2D eigenvalue weighted by Gasteiger charge is 2.54. The smallest absolute Gasteiger partial charge is 0.466 e. The van der Waals surface area contributed by atoms with Crippen LogP contribution in [0, 0.1) is 0 Å². The summed E-state index contributed by atoms with van der Waals surface area (Å²) in [5.41, 5.74) is -0.496. The fourth-order valence-electron chi connectivity index (χ4n) is 2.73. The predicted octanol–water partition coefficient (Wildman–Crippen LogP) is 2.43. The van der Waals surface area contributed by atoms with Crippen molar-refractivity contribution in [2.24, 2.45) is 0 Å². The van der Waals surface area contributed by atoms with Crippen LogP contribution < -0.4 is 4.74 Å². The van der Waals surface area contributed by atoms with Gasteiger partial charge < -0.3 is 23.9 Å². The molecular formula is C18H25BO7. The number of carboxylic acid groups (broad SMARTS) is 1. The van der Waals surface area contributed by atoms with Crippen LogP contribution in [-0.4, -0.2) is 49.1 Å². The van der Waals surface area contributed by atoms with E-state index in [1.165, 1.54) is 7.11 Å². The molecule has 1 aromatic carbocycles. The number of aliphatic carboxylic acids is 1. The van der Waals surface area contributed by atoms with Crippen LogP contribution in [0.15, 0.2) is 24.3 Å². The van der Waals surface area contributed by atoms with E-state index >= 15 is 0 Å². The second kappa shape index (κ2) is 7.67. The Hall–Kier alpha value is -2.06. The minimum Gasteiger partial charge on any atom is -0.482 e. The van der Waals surface area contributed by atoms with E-state index in [4.69, 9.17) is 23.9 Å². The zero-order valence-electron chi connectivity index (χ0n) is 15.8. The number of ether oxygens (including phenoxy) is 2. The van der Waals surface area contributed by atoms with Gasteiger partial charge in [0.15, 0.2) is 6.61 Å². The van der Waals surface area contributed by atoms with Gasteiger partial charge >= 0.3 is 19.1 Å². The number of esters is 1. The van der Waals surface area contributed by atoms with Gasteiger partial charge in [-0.2, -0.15) is 0 Å². The molecule has 2 rings (SSSR count). The number of carbonyl (C=O) groups excluding carboxylic acids is 1. The summed E-state index contributed by atoms with van der Waals surface area (Å²) in [5.74, 6) is -1.63. The van der Waals surface area contributed by atoms with E-state index in [0.29, 0.717) is 11.3 Å². The number of hydrogen-bond acceptors (Lipinski definition) is 6. The van der Waals surface area contributed by atoms with Crippen LogP contribution in [0.5, 0.6) is 5.75 Å². The molecule has 0 aliphatic carbocycles. The van der Waals surface area contributed by atoms with Crippen molar-refractivity contribution in [3.63, 3.8) is 0 Å². The van der Waals surface area contributed by atoms with Gasteiger partial charge in [-0.15, -0.1) is 0 Å². The lowest BCUT2D eigenvalue weighted by Crippen LogP contribution is -2.41. The first-order valence-corrected chi connectivity index (χ1v) is 8.43. The van der Waals surface area contributed by atoms with E-state index in [1.807, 2.05) is 27.7 Å². The van der Waals surface area contributed by atoms with Crippen molar-refractivity contribution < 1.29 is 33.5 Å². The van der Waals surface area contributed by atoms with Crippen LogP contribution in [0.25, 0.3) is 0 Å². The largest absolute Gasteiger partial charge is 0.482 e. The third-order valence-corrected chi connectivity index (χ3v) is 4.88. The van der Waals surface area contributed by atoms with Crippen molar-refractivity contribution in [2.75, 3.05) is 13.7 Å². The Labute approximate surface area is 153 Å². The summed E-state index contributed by atoms with van der Waals surface area (Å²) in [4.78, 5) is 22.8. The Morgan fingerprint density at radius 2 is 1.73 bits per heavy atom. The molecule has 1 aliphatic heterocycles. The molecule has 8 heteroatoms. The highest BCUT2D eigenvalue weighted by atomic mass is 16.7. The highest BCUT2D eigenvalue weighted by Crippen LogP contribution is 2.43. The van der Waals surface area contributed by atoms with E-state index in [1.54, 1.807) is 24.3 Å². The molecule has 0 aromatic heterocycles. The van der Waals surface area contributed by atoms with E-state index in [-0.39, 0.29) is 6.42 Å². The van der Waals surface area contributed by atoms with Crippen LogP contribution in [0.2, 0.25) is 0 Å². The lowest BCUT2D eigenvalue weighted by Gasteiger charge is -2.32. The van der Waals surface area contributed by atoms with Crippen LogP contribution in [-0.2, 0) is 23.6 Å². The van der Waals surface area contributed by atoms with E-state index < -0.39 is 42.7 Å². The minimum atomic E-state index is -1.08. The Morgan fingerprint density at radius 3 is 2.27 bits per heavy atom. The third-order valence-electron chi connectivity index (χ3n) is 4.88. The zero-order chi connectivity index (χ0) is 19.5. The van der Waals surface area contributed by atoms with Gasteiger partial charge in [0.25, 0.3) is 0 Å². The van der Waals surface area contributed by atoms with Crippen molar-refractivity contribution in [2.45, 2.75) is 51.1 Å². The molecule has 142 valence electrons. The maximum atomic E-state index is 12.0. The predicted molar refractivity (Wildman–Crippen MR) is 95.0 cm³/mol. The summed E-state index contributed by atoms with van der Waals surface area (Å²) in [7, 11) is 0.616. The van der Waals surface area contributed by atoms with Gasteiger partial charge in [-0.1, -0.05) is 18.2 Å². The topological polar surface area (TPSA) is 91.3 Å². The maximum Gasteiger partial charge on any atom is 0.466 e. The van der Waals surface area contributed by atoms with Crippen LogP contribution >= 0.6 is 0 Å². The van der Waals surface area contributed by atoms with Gasteiger partial charge in [-0.3, -0.25) is 4.79 Å². The highest BCUT2D eigenvalue weighted by molar-refractivity contribution is 6.48. The standard InChI is InChI=1S/C18H25BO7/c1-17(2)18(3,4)26-19(25-17)13(10-16(22)23-5)12-8-6-7-9-14(12)24-11-15(20)21/h6-9,13H,10-11H2,1-5H3,(H,20,21). The fourth-order valence-corrected chi connectivity index (χ4v) is 2.73. The number of carbonyl (C=O) groups is 2. The molecule has 0 bridgehead atoms. The fraction of sp³-hybridized carbons (Fsp3) is 0.556. The molecule has 7 nitrogen and oxygen atoms in total. The summed E-state index contributed by atoms with van der Waals surface area (Å²) in [6, 6.07) is 6.96. The van der Waals surface area contributed by atoms with Gasteiger partial charge in [-0.05, 0) is 39.3 Å². The zero-order valence-corrected chi connectivity index (χ0v) is 15.8. The average molecular weight is 364 g/mol. The summed E-state index contributed by atoms with van der Waals surface area (Å²) in [6.07, 6.45) is 0.0147. The van der Waals surface area contributed by atoms with Crippen LogP contribution in [0.3, 0.4) is 0 Å². The van der Waals surface area contributed by atoms with Crippen molar-refractivity contribution in [1.29, 1.82) is 0 Å². The normalized spacial score (nSPS) is 19.0. The monoisotopic (exact) mass is 364 g/mol. The molecule has 0 amide bonds. The molecule has 0 saturated carbocycles. The first kappa shape index (κ1) is 20.3. The van der Waals surface area contributed by atoms with Crippen LogP contribution in [0.1, 0.15) is 45.5 Å². The Morgan fingerprint density at radius 1 is 1.15 bits per heavy atom. The number of para-hydroxylation sites is 1. The van der Waals surface area contributed by atoms with Crippen molar-refractivity contribution in [3.8, 4) is 5.75 Å². The molecule has 1 aromatic rings. The lowest BCUT2D eigenvalue weighted by molar-refractivity contribution is -0.141. The average Bonchev–Trinajstić information content (AvgIpc) is 2.78. The van der Waals surface area contributed by atoms with Gasteiger partial charge in [0, 0.05) is 5.82 Å². The van der Waals surface area contributed by atoms with E-state index in [2.05, 4.69) is 0 Å². The van der Waals surface area contributed by atoms with Gasteiger partial charge in [-0.25, -0.2) is 4.79 Å². The van der Waals surface area contributed by atoms with Crippen molar-refractivity contribution in [1.82, 2.24) is 0 Å². The molecule has 1 N–H and O–H groups in total. The van der Waals surface area contributed by atoms with E-state index in [0.717, 1.165) is 0 Å². The Kier molecular flexibility index (Phi) is 5.98. The number of carboxylic acids is 1. The SMILES string of the molecule is COC(=O)CC(B1OC(C)(C)C(C)(C)O1)c1ccccc1OCC(=O)O. The summed E-state index contributed by atoms with van der Waals surface area (Å²) in [5, 5.41) is 8.89.